The summed E-state index contributed by atoms with van der Waals surface area (Å²) in [6, 6.07) is 5.23. The molecule has 0 spiro atoms. The molecular weight excluding hydrogens is 398 g/mol. The van der Waals surface area contributed by atoms with Crippen molar-refractivity contribution in [2.45, 2.75) is 25.9 Å². The molecule has 0 bridgehead atoms. The number of aromatic nitrogens is 2. The number of imidazole rings is 1. The number of nitrogens with one attached hydrogen (secondary N) is 2. The van der Waals surface area contributed by atoms with Crippen LogP contribution in [0.1, 0.15) is 17.8 Å². The van der Waals surface area contributed by atoms with E-state index < -0.39 is 0 Å². The highest BCUT2D eigenvalue weighted by atomic mass is 35.5. The van der Waals surface area contributed by atoms with Crippen molar-refractivity contribution in [2.75, 3.05) is 18.1 Å². The van der Waals surface area contributed by atoms with Gasteiger partial charge in [0, 0.05) is 49.5 Å². The number of carbonyl (C=O) groups is 1. The molecule has 1 aromatic heterocycles. The maximum atomic E-state index is 14.3. The number of thioether (sulfide) groups is 1. The first-order valence-corrected chi connectivity index (χ1v) is 9.15. The van der Waals surface area contributed by atoms with Crippen LogP contribution in [0.15, 0.2) is 30.6 Å². The fraction of sp³-hybridized carbons (Fsp3) is 0.412. The summed E-state index contributed by atoms with van der Waals surface area (Å²) >= 11 is 1.86. The fourth-order valence-corrected chi connectivity index (χ4v) is 3.68. The lowest BCUT2D eigenvalue weighted by Crippen LogP contribution is -2.41. The molecule has 1 atom stereocenters. The SMILES string of the molecule is Cc1nccn1-c1ccc(CNC(=O)CC2CSCCN2)cc1F.Cl.Cl. The van der Waals surface area contributed by atoms with E-state index in [-0.39, 0.29) is 42.6 Å². The van der Waals surface area contributed by atoms with E-state index >= 15 is 0 Å². The molecular formula is C17H23Cl2FN4OS. The molecule has 3 rings (SSSR count). The molecule has 1 fully saturated rings. The van der Waals surface area contributed by atoms with Crippen LogP contribution in [-0.4, -0.2) is 39.6 Å². The van der Waals surface area contributed by atoms with Crippen molar-refractivity contribution in [1.82, 2.24) is 20.2 Å². The van der Waals surface area contributed by atoms with E-state index in [1.807, 2.05) is 24.8 Å². The molecule has 2 aromatic rings. The molecule has 1 saturated heterocycles. The van der Waals surface area contributed by atoms with Gasteiger partial charge in [-0.1, -0.05) is 6.07 Å². The van der Waals surface area contributed by atoms with Gasteiger partial charge < -0.3 is 15.2 Å². The van der Waals surface area contributed by atoms with Crippen molar-refractivity contribution < 1.29 is 9.18 Å². The first kappa shape index (κ1) is 22.8. The molecule has 5 nitrogen and oxygen atoms in total. The number of halogens is 3. The van der Waals surface area contributed by atoms with E-state index in [0.29, 0.717) is 18.7 Å². The molecule has 26 heavy (non-hydrogen) atoms. The normalized spacial score (nSPS) is 16.3. The van der Waals surface area contributed by atoms with Crippen molar-refractivity contribution in [2.24, 2.45) is 0 Å². The van der Waals surface area contributed by atoms with Crippen LogP contribution < -0.4 is 10.6 Å². The first-order valence-electron chi connectivity index (χ1n) is 8.00. The van der Waals surface area contributed by atoms with Crippen LogP contribution in [0.2, 0.25) is 0 Å². The highest BCUT2D eigenvalue weighted by Gasteiger charge is 2.16. The monoisotopic (exact) mass is 420 g/mol. The topological polar surface area (TPSA) is 59.0 Å². The molecule has 2 heterocycles. The zero-order chi connectivity index (χ0) is 16.9. The minimum Gasteiger partial charge on any atom is -0.352 e. The molecule has 9 heteroatoms. The van der Waals surface area contributed by atoms with Gasteiger partial charge in [0.1, 0.15) is 11.6 Å². The Hall–Kier alpha value is -1.28. The van der Waals surface area contributed by atoms with Gasteiger partial charge in [-0.2, -0.15) is 11.8 Å². The number of amides is 1. The van der Waals surface area contributed by atoms with E-state index in [4.69, 9.17) is 0 Å². The summed E-state index contributed by atoms with van der Waals surface area (Å²) in [5.41, 5.74) is 1.21. The number of hydrogen-bond acceptors (Lipinski definition) is 4. The predicted octanol–water partition coefficient (Wildman–Crippen LogP) is 2.87. The number of nitrogens with zero attached hydrogens (tertiary/aromatic N) is 2. The Morgan fingerprint density at radius 2 is 2.27 bits per heavy atom. The van der Waals surface area contributed by atoms with Gasteiger partial charge in [0.05, 0.1) is 5.69 Å². The second-order valence-electron chi connectivity index (χ2n) is 5.84. The standard InChI is InChI=1S/C17H21FN4OS.2ClH/c1-12-19-4-6-22(12)16-3-2-13(8-15(16)18)10-21-17(23)9-14-11-24-7-5-20-14;;/h2-4,6,8,14,20H,5,7,9-11H2,1H3,(H,21,23);2*1H. The van der Waals surface area contributed by atoms with Crippen LogP contribution in [0.5, 0.6) is 0 Å². The van der Waals surface area contributed by atoms with E-state index in [2.05, 4.69) is 15.6 Å². The highest BCUT2D eigenvalue weighted by molar-refractivity contribution is 7.99. The van der Waals surface area contributed by atoms with E-state index in [1.54, 1.807) is 23.0 Å². The average molecular weight is 421 g/mol. The third kappa shape index (κ3) is 5.87. The van der Waals surface area contributed by atoms with Gasteiger partial charge in [-0.25, -0.2) is 9.37 Å². The largest absolute Gasteiger partial charge is 0.352 e. The van der Waals surface area contributed by atoms with Gasteiger partial charge in [-0.05, 0) is 24.6 Å². The second-order valence-corrected chi connectivity index (χ2v) is 6.99. The molecule has 1 aliphatic rings. The summed E-state index contributed by atoms with van der Waals surface area (Å²) in [4.78, 5) is 16.1. The van der Waals surface area contributed by atoms with Crippen LogP contribution in [0.25, 0.3) is 5.69 Å². The zero-order valence-electron chi connectivity index (χ0n) is 14.4. The molecule has 144 valence electrons. The lowest BCUT2D eigenvalue weighted by atomic mass is 10.1. The molecule has 1 amide bonds. The van der Waals surface area contributed by atoms with Crippen LogP contribution >= 0.6 is 36.6 Å². The number of rotatable bonds is 5. The summed E-state index contributed by atoms with van der Waals surface area (Å²) in [6.45, 7) is 3.10. The van der Waals surface area contributed by atoms with Crippen molar-refractivity contribution in [3.63, 3.8) is 0 Å². The third-order valence-electron chi connectivity index (χ3n) is 4.02. The molecule has 0 aliphatic carbocycles. The molecule has 0 saturated carbocycles. The van der Waals surface area contributed by atoms with E-state index in [1.165, 1.54) is 6.07 Å². The summed E-state index contributed by atoms with van der Waals surface area (Å²) < 4.78 is 16.0. The van der Waals surface area contributed by atoms with E-state index in [0.717, 1.165) is 29.4 Å². The van der Waals surface area contributed by atoms with Gasteiger partial charge in [-0.3, -0.25) is 4.79 Å². The molecule has 2 N–H and O–H groups in total. The summed E-state index contributed by atoms with van der Waals surface area (Å²) in [5, 5.41) is 6.20. The van der Waals surface area contributed by atoms with Crippen molar-refractivity contribution in [3.05, 3.63) is 47.8 Å². The molecule has 0 radical (unpaired) electrons. The van der Waals surface area contributed by atoms with Crippen LogP contribution in [0, 0.1) is 12.7 Å². The quantitative estimate of drug-likeness (QED) is 0.780. The Kier molecular flexibility index (Phi) is 9.43. The van der Waals surface area contributed by atoms with Gasteiger partial charge in [0.25, 0.3) is 0 Å². The maximum absolute atomic E-state index is 14.3. The Bertz CT molecular complexity index is 723. The van der Waals surface area contributed by atoms with Gasteiger partial charge in [0.15, 0.2) is 0 Å². The first-order chi connectivity index (χ1) is 11.6. The zero-order valence-corrected chi connectivity index (χ0v) is 16.9. The van der Waals surface area contributed by atoms with Crippen LogP contribution in [0.3, 0.4) is 0 Å². The summed E-state index contributed by atoms with van der Waals surface area (Å²) in [6.07, 6.45) is 3.83. The Labute approximate surface area is 169 Å². The second kappa shape index (κ2) is 10.8. The van der Waals surface area contributed by atoms with Gasteiger partial charge in [-0.15, -0.1) is 24.8 Å². The van der Waals surface area contributed by atoms with Crippen LogP contribution in [-0.2, 0) is 11.3 Å². The number of aryl methyl sites for hydroxylation is 1. The van der Waals surface area contributed by atoms with Gasteiger partial charge in [0.2, 0.25) is 5.91 Å². The molecule has 1 aliphatic heterocycles. The lowest BCUT2D eigenvalue weighted by Gasteiger charge is -2.22. The van der Waals surface area contributed by atoms with E-state index in [9.17, 15) is 9.18 Å². The Morgan fingerprint density at radius 3 is 2.88 bits per heavy atom. The number of carbonyl (C=O) groups excluding carboxylic acids is 1. The van der Waals surface area contributed by atoms with Gasteiger partial charge >= 0.3 is 0 Å². The average Bonchev–Trinajstić information content (AvgIpc) is 3.00. The summed E-state index contributed by atoms with van der Waals surface area (Å²) in [5.74, 6) is 2.45. The highest BCUT2D eigenvalue weighted by Crippen LogP contribution is 2.17. The van der Waals surface area contributed by atoms with Crippen molar-refractivity contribution in [3.8, 4) is 5.69 Å². The third-order valence-corrected chi connectivity index (χ3v) is 5.15. The number of benzene rings is 1. The lowest BCUT2D eigenvalue weighted by molar-refractivity contribution is -0.121. The predicted molar refractivity (Wildman–Crippen MR) is 108 cm³/mol. The molecule has 1 aromatic carbocycles. The summed E-state index contributed by atoms with van der Waals surface area (Å²) in [7, 11) is 0. The maximum Gasteiger partial charge on any atom is 0.221 e. The Morgan fingerprint density at radius 1 is 1.46 bits per heavy atom. The van der Waals surface area contributed by atoms with Crippen molar-refractivity contribution >= 4 is 42.5 Å². The Balaban J connectivity index is 0.00000169. The minimum atomic E-state index is -0.326. The molecule has 1 unspecified atom stereocenters. The fourth-order valence-electron chi connectivity index (χ4n) is 2.74. The number of hydrogen-bond donors (Lipinski definition) is 2. The minimum absolute atomic E-state index is 0. The van der Waals surface area contributed by atoms with Crippen molar-refractivity contribution in [1.29, 1.82) is 0 Å². The van der Waals surface area contributed by atoms with Crippen LogP contribution in [0.4, 0.5) is 4.39 Å². The smallest absolute Gasteiger partial charge is 0.221 e.